The number of pyridine rings is 1. The van der Waals surface area contributed by atoms with Crippen molar-refractivity contribution in [3.05, 3.63) is 59.4 Å². The fraction of sp³-hybridized carbons (Fsp3) is 0.444. The summed E-state index contributed by atoms with van der Waals surface area (Å²) in [5.41, 5.74) is 1.15. The minimum atomic E-state index is -0.753. The molecular weight excluding hydrogens is 446 g/mol. The normalized spacial score (nSPS) is 17.3. The number of ether oxygens (including phenoxy) is 2. The van der Waals surface area contributed by atoms with Crippen LogP contribution in [-0.2, 0) is 9.59 Å². The van der Waals surface area contributed by atoms with Crippen LogP contribution >= 0.6 is 0 Å². The summed E-state index contributed by atoms with van der Waals surface area (Å²) in [6.45, 7) is 5.94. The molecule has 1 unspecified atom stereocenters. The average Bonchev–Trinajstić information content (AvgIpc) is 3.11. The molecule has 1 fully saturated rings. The second kappa shape index (κ2) is 12.4. The first kappa shape index (κ1) is 26.2. The van der Waals surface area contributed by atoms with Gasteiger partial charge < -0.3 is 24.4 Å². The van der Waals surface area contributed by atoms with Gasteiger partial charge in [-0.3, -0.25) is 14.6 Å². The highest BCUT2D eigenvalue weighted by atomic mass is 16.5. The Labute approximate surface area is 207 Å². The van der Waals surface area contributed by atoms with Crippen LogP contribution in [0.2, 0.25) is 0 Å². The summed E-state index contributed by atoms with van der Waals surface area (Å²) >= 11 is 0. The van der Waals surface area contributed by atoms with Gasteiger partial charge in [-0.05, 0) is 57.3 Å². The maximum Gasteiger partial charge on any atom is 0.295 e. The molecule has 0 radical (unpaired) electrons. The zero-order valence-corrected chi connectivity index (χ0v) is 21.0. The second-order valence-corrected chi connectivity index (χ2v) is 8.73. The molecule has 188 valence electrons. The number of hydrogen-bond donors (Lipinski definition) is 1. The summed E-state index contributed by atoms with van der Waals surface area (Å²) in [6, 6.07) is 7.91. The molecule has 1 aromatic carbocycles. The lowest BCUT2D eigenvalue weighted by Crippen LogP contribution is -2.35. The number of Topliss-reactive ketones (excluding diaryl/α,β-unsaturated/α-hetero) is 1. The molecule has 8 nitrogen and oxygen atoms in total. The van der Waals surface area contributed by atoms with Crippen LogP contribution in [0.15, 0.2) is 48.3 Å². The zero-order chi connectivity index (χ0) is 25.4. The molecule has 8 heteroatoms. The molecule has 2 aromatic rings. The molecule has 3 rings (SSSR count). The summed E-state index contributed by atoms with van der Waals surface area (Å²) in [5, 5.41) is 11.1. The largest absolute Gasteiger partial charge is 0.507 e. The Morgan fingerprint density at radius 3 is 2.46 bits per heavy atom. The van der Waals surface area contributed by atoms with E-state index in [0.29, 0.717) is 48.9 Å². The van der Waals surface area contributed by atoms with E-state index in [1.807, 2.05) is 38.1 Å². The molecule has 0 spiro atoms. The smallest absolute Gasteiger partial charge is 0.295 e. The molecule has 1 aliphatic heterocycles. The number of aliphatic hydroxyl groups excluding tert-OH is 1. The van der Waals surface area contributed by atoms with Crippen molar-refractivity contribution in [2.45, 2.75) is 39.2 Å². The molecule has 1 N–H and O–H groups in total. The summed E-state index contributed by atoms with van der Waals surface area (Å²) in [4.78, 5) is 33.7. The Bertz CT molecular complexity index is 1050. The van der Waals surface area contributed by atoms with E-state index in [4.69, 9.17) is 9.47 Å². The lowest BCUT2D eigenvalue weighted by atomic mass is 9.95. The molecular formula is C27H35N3O5. The predicted molar refractivity (Wildman–Crippen MR) is 134 cm³/mol. The molecule has 1 atom stereocenters. The van der Waals surface area contributed by atoms with Crippen LogP contribution in [0, 0.1) is 0 Å². The van der Waals surface area contributed by atoms with Crippen molar-refractivity contribution in [2.75, 3.05) is 40.4 Å². The number of carbonyl (C=O) groups excluding carboxylic acids is 2. The van der Waals surface area contributed by atoms with Gasteiger partial charge in [0, 0.05) is 31.0 Å². The minimum absolute atomic E-state index is 0.0546. The van der Waals surface area contributed by atoms with Crippen LogP contribution in [0.1, 0.15) is 50.3 Å². The monoisotopic (exact) mass is 481 g/mol. The van der Waals surface area contributed by atoms with E-state index in [9.17, 15) is 14.7 Å². The van der Waals surface area contributed by atoms with Crippen LogP contribution in [0.25, 0.3) is 5.76 Å². The van der Waals surface area contributed by atoms with Crippen LogP contribution in [-0.4, -0.2) is 72.0 Å². The van der Waals surface area contributed by atoms with Crippen LogP contribution < -0.4 is 9.47 Å². The first-order valence-corrected chi connectivity index (χ1v) is 12.1. The molecule has 35 heavy (non-hydrogen) atoms. The van der Waals surface area contributed by atoms with Crippen molar-refractivity contribution in [1.29, 1.82) is 0 Å². The van der Waals surface area contributed by atoms with Crippen molar-refractivity contribution < 1.29 is 24.2 Å². The third-order valence-electron chi connectivity index (χ3n) is 5.87. The van der Waals surface area contributed by atoms with Gasteiger partial charge in [0.25, 0.3) is 11.7 Å². The summed E-state index contributed by atoms with van der Waals surface area (Å²) in [5.74, 6) is -0.401. The molecule has 0 saturated carbocycles. The number of ketones is 1. The number of carbonyl (C=O) groups is 2. The van der Waals surface area contributed by atoms with Gasteiger partial charge in [0.1, 0.15) is 5.76 Å². The number of rotatable bonds is 12. The first-order valence-electron chi connectivity index (χ1n) is 12.1. The average molecular weight is 482 g/mol. The number of amides is 1. The van der Waals surface area contributed by atoms with E-state index in [-0.39, 0.29) is 11.3 Å². The fourth-order valence-electron chi connectivity index (χ4n) is 4.05. The second-order valence-electron chi connectivity index (χ2n) is 8.73. The molecule has 0 aliphatic carbocycles. The lowest BCUT2D eigenvalue weighted by Gasteiger charge is -2.27. The Hall–Kier alpha value is -3.39. The maximum absolute atomic E-state index is 13.1. The van der Waals surface area contributed by atoms with E-state index in [1.54, 1.807) is 18.2 Å². The van der Waals surface area contributed by atoms with Gasteiger partial charge in [0.05, 0.1) is 24.8 Å². The van der Waals surface area contributed by atoms with Crippen molar-refractivity contribution >= 4 is 17.4 Å². The molecule has 1 aliphatic rings. The van der Waals surface area contributed by atoms with Crippen LogP contribution in [0.4, 0.5) is 0 Å². The highest BCUT2D eigenvalue weighted by molar-refractivity contribution is 6.46. The van der Waals surface area contributed by atoms with Crippen molar-refractivity contribution in [1.82, 2.24) is 14.8 Å². The van der Waals surface area contributed by atoms with Crippen LogP contribution in [0.3, 0.4) is 0 Å². The van der Waals surface area contributed by atoms with Gasteiger partial charge in [-0.25, -0.2) is 0 Å². The van der Waals surface area contributed by atoms with E-state index in [0.717, 1.165) is 19.3 Å². The zero-order valence-electron chi connectivity index (χ0n) is 21.0. The van der Waals surface area contributed by atoms with Crippen molar-refractivity contribution in [3.63, 3.8) is 0 Å². The topological polar surface area (TPSA) is 92.2 Å². The van der Waals surface area contributed by atoms with Gasteiger partial charge in [0.15, 0.2) is 11.5 Å². The number of unbranched alkanes of at least 4 members (excludes halogenated alkanes) is 2. The molecule has 1 amide bonds. The summed E-state index contributed by atoms with van der Waals surface area (Å²) in [6.07, 6.45) is 6.19. The molecule has 1 aromatic heterocycles. The minimum Gasteiger partial charge on any atom is -0.507 e. The Morgan fingerprint density at radius 2 is 1.80 bits per heavy atom. The molecule has 2 heterocycles. The Kier molecular flexibility index (Phi) is 9.25. The number of aliphatic hydroxyl groups is 1. The lowest BCUT2D eigenvalue weighted by molar-refractivity contribution is -0.140. The van der Waals surface area contributed by atoms with Gasteiger partial charge >= 0.3 is 0 Å². The fourth-order valence-corrected chi connectivity index (χ4v) is 4.05. The number of hydrogen-bond acceptors (Lipinski definition) is 7. The van der Waals surface area contributed by atoms with E-state index in [2.05, 4.69) is 11.9 Å². The Morgan fingerprint density at radius 1 is 1.06 bits per heavy atom. The summed E-state index contributed by atoms with van der Waals surface area (Å²) < 4.78 is 11.8. The standard InChI is InChI=1S/C27H35N3O5/c1-5-7-8-17-35-21-10-9-20(18-22(21)34-6-2)24-23(25(31)19-11-13-28-14-12-19)26(32)27(33)30(24)16-15-29(3)4/h9-14,18,24,31H,5-8,15-17H2,1-4H3. The number of likely N-dealkylation sites (N-methyl/N-ethyl adjacent to an activating group) is 1. The number of nitrogens with zero attached hydrogens (tertiary/aromatic N) is 3. The highest BCUT2D eigenvalue weighted by Gasteiger charge is 2.46. The predicted octanol–water partition coefficient (Wildman–Crippen LogP) is 4.03. The van der Waals surface area contributed by atoms with Crippen LogP contribution in [0.5, 0.6) is 11.5 Å². The van der Waals surface area contributed by atoms with E-state index < -0.39 is 17.7 Å². The number of benzene rings is 1. The first-order chi connectivity index (χ1) is 16.9. The SMILES string of the molecule is CCCCCOc1ccc(C2C(=C(O)c3ccncc3)C(=O)C(=O)N2CCN(C)C)cc1OCC. The van der Waals surface area contributed by atoms with Gasteiger partial charge in [-0.15, -0.1) is 0 Å². The number of aromatic nitrogens is 1. The molecule has 0 bridgehead atoms. The quantitative estimate of drug-likeness (QED) is 0.212. The highest BCUT2D eigenvalue weighted by Crippen LogP contribution is 2.42. The third-order valence-corrected chi connectivity index (χ3v) is 5.87. The van der Waals surface area contributed by atoms with Gasteiger partial charge in [0.2, 0.25) is 0 Å². The maximum atomic E-state index is 13.1. The molecule has 1 saturated heterocycles. The van der Waals surface area contributed by atoms with Crippen molar-refractivity contribution in [2.24, 2.45) is 0 Å². The van der Waals surface area contributed by atoms with Gasteiger partial charge in [-0.2, -0.15) is 0 Å². The number of likely N-dealkylation sites (tertiary alicyclic amines) is 1. The third kappa shape index (κ3) is 6.19. The summed E-state index contributed by atoms with van der Waals surface area (Å²) in [7, 11) is 3.81. The Balaban J connectivity index is 2.07. The van der Waals surface area contributed by atoms with Crippen molar-refractivity contribution in [3.8, 4) is 11.5 Å². The van der Waals surface area contributed by atoms with Gasteiger partial charge in [-0.1, -0.05) is 25.8 Å². The van der Waals surface area contributed by atoms with E-state index in [1.165, 1.54) is 17.3 Å². The van der Waals surface area contributed by atoms with E-state index >= 15 is 0 Å².